The molecule has 154 valence electrons. The van der Waals surface area contributed by atoms with E-state index in [9.17, 15) is 9.59 Å². The van der Waals surface area contributed by atoms with Gasteiger partial charge in [0.15, 0.2) is 11.6 Å². The van der Waals surface area contributed by atoms with Crippen molar-refractivity contribution in [3.8, 4) is 5.69 Å². The van der Waals surface area contributed by atoms with Crippen LogP contribution in [0.2, 0.25) is 0 Å². The largest absolute Gasteiger partial charge is 0.367 e. The predicted octanol–water partition coefficient (Wildman–Crippen LogP) is 1.64. The summed E-state index contributed by atoms with van der Waals surface area (Å²) in [4.78, 5) is 28.3. The van der Waals surface area contributed by atoms with Gasteiger partial charge in [-0.1, -0.05) is 36.4 Å². The third kappa shape index (κ3) is 3.29. The van der Waals surface area contributed by atoms with E-state index in [1.54, 1.807) is 25.3 Å². The monoisotopic (exact) mass is 414 g/mol. The zero-order chi connectivity index (χ0) is 21.4. The molecule has 0 aliphatic rings. The van der Waals surface area contributed by atoms with Gasteiger partial charge in [-0.2, -0.15) is 20.0 Å². The second kappa shape index (κ2) is 7.41. The number of nitrogens with zero attached hydrogens (tertiary/aromatic N) is 6. The van der Waals surface area contributed by atoms with Crippen LogP contribution in [-0.4, -0.2) is 40.4 Å². The number of para-hydroxylation sites is 2. The minimum atomic E-state index is -0.427. The summed E-state index contributed by atoms with van der Waals surface area (Å²) in [5, 5.41) is 16.1. The Balaban J connectivity index is 1.48. The molecular weight excluding hydrogens is 396 g/mol. The van der Waals surface area contributed by atoms with Gasteiger partial charge in [0, 0.05) is 22.7 Å². The van der Waals surface area contributed by atoms with E-state index in [2.05, 4.69) is 25.4 Å². The molecular formula is C21H18N8O2. The zero-order valence-electron chi connectivity index (χ0n) is 16.6. The molecule has 0 aliphatic carbocycles. The molecule has 0 radical (unpaired) electrons. The molecule has 3 aromatic heterocycles. The minimum absolute atomic E-state index is 0.0168. The highest BCUT2D eigenvalue weighted by molar-refractivity contribution is 5.98. The van der Waals surface area contributed by atoms with Crippen LogP contribution in [0.15, 0.2) is 75.5 Å². The first kappa shape index (κ1) is 18.6. The molecule has 0 aliphatic heterocycles. The lowest BCUT2D eigenvalue weighted by atomic mass is 10.2. The first-order chi connectivity index (χ1) is 15.1. The van der Waals surface area contributed by atoms with Crippen LogP contribution >= 0.6 is 0 Å². The molecule has 0 spiro atoms. The van der Waals surface area contributed by atoms with E-state index in [0.717, 1.165) is 16.5 Å². The lowest BCUT2D eigenvalue weighted by Crippen LogP contribution is -2.26. The number of aromatic nitrogens is 7. The van der Waals surface area contributed by atoms with Gasteiger partial charge in [-0.05, 0) is 25.1 Å². The third-order valence-electron chi connectivity index (χ3n) is 4.95. The van der Waals surface area contributed by atoms with Crippen molar-refractivity contribution in [3.05, 3.63) is 99.0 Å². The number of H-pyrrole nitrogens is 2. The summed E-state index contributed by atoms with van der Waals surface area (Å²) >= 11 is 0. The van der Waals surface area contributed by atoms with Crippen molar-refractivity contribution < 1.29 is 0 Å². The van der Waals surface area contributed by atoms with Crippen molar-refractivity contribution in [1.82, 2.24) is 34.2 Å². The average Bonchev–Trinajstić information content (AvgIpc) is 3.44. The first-order valence-corrected chi connectivity index (χ1v) is 9.60. The molecule has 0 atom stereocenters. The van der Waals surface area contributed by atoms with Gasteiger partial charge < -0.3 is 4.98 Å². The average molecular weight is 414 g/mol. The summed E-state index contributed by atoms with van der Waals surface area (Å²) < 4.78 is 3.87. The molecule has 2 aromatic carbocycles. The van der Waals surface area contributed by atoms with Crippen molar-refractivity contribution in [2.75, 3.05) is 0 Å². The summed E-state index contributed by atoms with van der Waals surface area (Å²) in [5.74, 6) is 0.786. The van der Waals surface area contributed by atoms with Gasteiger partial charge in [-0.3, -0.25) is 0 Å². The van der Waals surface area contributed by atoms with E-state index in [1.165, 1.54) is 13.9 Å². The normalized spacial score (nSPS) is 11.6. The van der Waals surface area contributed by atoms with E-state index in [4.69, 9.17) is 0 Å². The maximum Gasteiger partial charge on any atom is 0.367 e. The van der Waals surface area contributed by atoms with Gasteiger partial charge in [0.2, 0.25) is 0 Å². The maximum atomic E-state index is 12.9. The number of fused-ring (bicyclic) bond motifs is 1. The van der Waals surface area contributed by atoms with Crippen molar-refractivity contribution in [1.29, 1.82) is 0 Å². The quantitative estimate of drug-likeness (QED) is 0.425. The highest BCUT2D eigenvalue weighted by atomic mass is 16.2. The summed E-state index contributed by atoms with van der Waals surface area (Å²) in [6, 6.07) is 16.9. The molecule has 5 aromatic rings. The first-order valence-electron chi connectivity index (χ1n) is 9.60. The van der Waals surface area contributed by atoms with E-state index < -0.39 is 5.69 Å². The van der Waals surface area contributed by atoms with Gasteiger partial charge in [-0.15, -0.1) is 0 Å². The molecule has 3 heterocycles. The fraction of sp³-hybridized carbons (Fsp3) is 0.0952. The second-order valence-electron chi connectivity index (χ2n) is 6.95. The minimum Gasteiger partial charge on any atom is -0.361 e. The molecule has 5 rings (SSSR count). The Hall–Kier alpha value is -4.47. The lowest BCUT2D eigenvalue weighted by molar-refractivity contribution is 0.609. The number of aromatic amines is 2. The highest BCUT2D eigenvalue weighted by Gasteiger charge is 2.15. The van der Waals surface area contributed by atoms with E-state index >= 15 is 0 Å². The maximum absolute atomic E-state index is 12.9. The van der Waals surface area contributed by atoms with E-state index in [0.29, 0.717) is 17.3 Å². The summed E-state index contributed by atoms with van der Waals surface area (Å²) in [6.45, 7) is 1.71. The van der Waals surface area contributed by atoms with Crippen LogP contribution < -0.4 is 11.4 Å². The topological polar surface area (TPSA) is 119 Å². The molecule has 0 amide bonds. The van der Waals surface area contributed by atoms with Crippen LogP contribution in [0.25, 0.3) is 16.6 Å². The van der Waals surface area contributed by atoms with Gasteiger partial charge in [0.25, 0.3) is 0 Å². The summed E-state index contributed by atoms with van der Waals surface area (Å²) in [6.07, 6.45) is 3.45. The Morgan fingerprint density at radius 2 is 1.84 bits per heavy atom. The summed E-state index contributed by atoms with van der Waals surface area (Å²) in [7, 11) is 0. The van der Waals surface area contributed by atoms with Gasteiger partial charge in [0.05, 0.1) is 11.9 Å². The van der Waals surface area contributed by atoms with Crippen molar-refractivity contribution in [2.45, 2.75) is 13.5 Å². The number of rotatable bonds is 5. The molecule has 0 saturated heterocycles. The van der Waals surface area contributed by atoms with Crippen LogP contribution in [0.5, 0.6) is 0 Å². The van der Waals surface area contributed by atoms with Crippen LogP contribution in [0, 0.1) is 6.92 Å². The predicted molar refractivity (Wildman–Crippen MR) is 116 cm³/mol. The van der Waals surface area contributed by atoms with E-state index in [1.807, 2.05) is 48.7 Å². The molecule has 31 heavy (non-hydrogen) atoms. The Morgan fingerprint density at radius 3 is 2.68 bits per heavy atom. The standard InChI is InChI=1S/C21H18N8O2/c1-14-26-27(13-19-24-25-20(30)28(19)16-7-3-2-4-8-16)21(31)29(14)23-12-15-11-22-18-10-6-5-9-17(15)18/h2-12,22H,13H2,1H3,(H,25,30)/b23-12+. The fourth-order valence-corrected chi connectivity index (χ4v) is 3.48. The van der Waals surface area contributed by atoms with E-state index in [-0.39, 0.29) is 12.2 Å². The molecule has 10 heteroatoms. The number of nitrogens with one attached hydrogen (secondary N) is 2. The number of benzene rings is 2. The van der Waals surface area contributed by atoms with Crippen molar-refractivity contribution >= 4 is 17.1 Å². The fourth-order valence-electron chi connectivity index (χ4n) is 3.48. The van der Waals surface area contributed by atoms with Gasteiger partial charge in [-0.25, -0.2) is 23.9 Å². The SMILES string of the molecule is Cc1nn(Cc2n[nH]c(=O)n2-c2ccccc2)c(=O)n1/N=C/c1c[nH]c2ccccc12. The number of hydrogen-bond acceptors (Lipinski definition) is 5. The molecule has 0 fully saturated rings. The molecule has 0 bridgehead atoms. The van der Waals surface area contributed by atoms with Crippen LogP contribution in [0.4, 0.5) is 0 Å². The third-order valence-corrected chi connectivity index (χ3v) is 4.95. The van der Waals surface area contributed by atoms with Crippen molar-refractivity contribution in [2.24, 2.45) is 5.10 Å². The van der Waals surface area contributed by atoms with Crippen molar-refractivity contribution in [3.63, 3.8) is 0 Å². The zero-order valence-corrected chi connectivity index (χ0v) is 16.6. The molecule has 0 unspecified atom stereocenters. The highest BCUT2D eigenvalue weighted by Crippen LogP contribution is 2.15. The van der Waals surface area contributed by atoms with Gasteiger partial charge in [0.1, 0.15) is 6.54 Å². The number of aryl methyl sites for hydroxylation is 1. The second-order valence-corrected chi connectivity index (χ2v) is 6.95. The van der Waals surface area contributed by atoms with Crippen LogP contribution in [0.1, 0.15) is 17.2 Å². The Labute approximate surface area is 175 Å². The van der Waals surface area contributed by atoms with Crippen LogP contribution in [-0.2, 0) is 6.54 Å². The van der Waals surface area contributed by atoms with Gasteiger partial charge >= 0.3 is 11.4 Å². The molecule has 0 saturated carbocycles. The Kier molecular flexibility index (Phi) is 4.43. The summed E-state index contributed by atoms with van der Waals surface area (Å²) in [5.41, 5.74) is 1.69. The lowest BCUT2D eigenvalue weighted by Gasteiger charge is -2.04. The Morgan fingerprint density at radius 1 is 1.06 bits per heavy atom. The Bertz CT molecular complexity index is 1510. The smallest absolute Gasteiger partial charge is 0.361 e. The molecule has 2 N–H and O–H groups in total. The van der Waals surface area contributed by atoms with Crippen LogP contribution in [0.3, 0.4) is 0 Å². The molecule has 10 nitrogen and oxygen atoms in total. The number of hydrogen-bond donors (Lipinski definition) is 2.